The first-order chi connectivity index (χ1) is 12.1. The second-order valence-corrected chi connectivity index (χ2v) is 7.02. The highest BCUT2D eigenvalue weighted by Gasteiger charge is 2.09. The largest absolute Gasteiger partial charge is 0.433 e. The molecule has 0 aromatic heterocycles. The fraction of sp³-hybridized carbons (Fsp3) is 0.364. The number of hydrogen-bond acceptors (Lipinski definition) is 3. The van der Waals surface area contributed by atoms with E-state index in [9.17, 15) is 0 Å². The molecule has 2 aromatic rings. The normalized spacial score (nSPS) is 10.5. The average molecular weight is 371 g/mol. The number of thiocarbonyl (C=S) groups is 2. The van der Waals surface area contributed by atoms with E-state index >= 15 is 0 Å². The Morgan fingerprint density at radius 1 is 0.680 bits per heavy atom. The van der Waals surface area contributed by atoms with Crippen LogP contribution in [0.25, 0.3) is 0 Å². The summed E-state index contributed by atoms with van der Waals surface area (Å²) in [6.07, 6.45) is 7.03. The Morgan fingerprint density at radius 3 is 1.36 bits per heavy atom. The van der Waals surface area contributed by atoms with Gasteiger partial charge in [0.05, 0.1) is 0 Å². The van der Waals surface area contributed by atoms with Crippen molar-refractivity contribution < 1.29 is 4.74 Å². The van der Waals surface area contributed by atoms with Gasteiger partial charge >= 0.3 is 0 Å². The molecule has 25 heavy (non-hydrogen) atoms. The molecule has 0 atom stereocenters. The lowest BCUT2D eigenvalue weighted by atomic mass is 10.1. The minimum Gasteiger partial charge on any atom is -0.433 e. The van der Waals surface area contributed by atoms with Gasteiger partial charge in [0, 0.05) is 11.1 Å². The van der Waals surface area contributed by atoms with Gasteiger partial charge in [-0.25, -0.2) is 0 Å². The number of ether oxygens (including phenoxy) is 1. The van der Waals surface area contributed by atoms with Crippen molar-refractivity contribution in [2.75, 3.05) is 0 Å². The third-order valence-electron chi connectivity index (χ3n) is 4.20. The Hall–Kier alpha value is -1.58. The van der Waals surface area contributed by atoms with Crippen molar-refractivity contribution in [1.82, 2.24) is 0 Å². The molecule has 2 aromatic carbocycles. The Labute approximate surface area is 162 Å². The van der Waals surface area contributed by atoms with Crippen LogP contribution in [-0.2, 0) is 17.6 Å². The van der Waals surface area contributed by atoms with Gasteiger partial charge in [0.2, 0.25) is 0 Å². The molecule has 3 heteroatoms. The number of unbranched alkanes of at least 4 members (excludes halogenated alkanes) is 2. The first-order valence-electron chi connectivity index (χ1n) is 9.08. The van der Waals surface area contributed by atoms with Crippen molar-refractivity contribution in [3.05, 3.63) is 70.8 Å². The van der Waals surface area contributed by atoms with Gasteiger partial charge in [-0.15, -0.1) is 0 Å². The summed E-state index contributed by atoms with van der Waals surface area (Å²) in [7, 11) is 0. The van der Waals surface area contributed by atoms with Gasteiger partial charge in [-0.3, -0.25) is 0 Å². The van der Waals surface area contributed by atoms with Crippen LogP contribution in [-0.4, -0.2) is 10.1 Å². The lowest BCUT2D eigenvalue weighted by molar-refractivity contribution is 0.578. The zero-order valence-electron chi connectivity index (χ0n) is 15.1. The highest BCUT2D eigenvalue weighted by atomic mass is 32.1. The maximum Gasteiger partial charge on any atom is 0.199 e. The summed E-state index contributed by atoms with van der Waals surface area (Å²) >= 11 is 10.8. The van der Waals surface area contributed by atoms with Crippen LogP contribution in [0.4, 0.5) is 0 Å². The summed E-state index contributed by atoms with van der Waals surface area (Å²) in [5.74, 6) is 0. The maximum atomic E-state index is 5.73. The minimum absolute atomic E-state index is 0.433. The molecular weight excluding hydrogens is 344 g/mol. The number of hydrogen-bond donors (Lipinski definition) is 0. The fourth-order valence-corrected chi connectivity index (χ4v) is 3.07. The first-order valence-corrected chi connectivity index (χ1v) is 9.90. The van der Waals surface area contributed by atoms with Crippen LogP contribution < -0.4 is 0 Å². The first kappa shape index (κ1) is 19.7. The average Bonchev–Trinajstić information content (AvgIpc) is 2.65. The summed E-state index contributed by atoms with van der Waals surface area (Å²) in [5, 5.41) is 0.865. The van der Waals surface area contributed by atoms with E-state index in [0.29, 0.717) is 10.1 Å². The summed E-state index contributed by atoms with van der Waals surface area (Å²) in [5.41, 5.74) is 4.46. The maximum absolute atomic E-state index is 5.73. The molecule has 0 aliphatic carbocycles. The van der Waals surface area contributed by atoms with Gasteiger partial charge in [0.25, 0.3) is 0 Å². The van der Waals surface area contributed by atoms with Crippen LogP contribution in [0.5, 0.6) is 0 Å². The summed E-state index contributed by atoms with van der Waals surface area (Å²) in [6, 6.07) is 16.5. The van der Waals surface area contributed by atoms with Crippen molar-refractivity contribution in [3.8, 4) is 0 Å². The van der Waals surface area contributed by atoms with E-state index in [0.717, 1.165) is 24.0 Å². The van der Waals surface area contributed by atoms with E-state index in [1.165, 1.54) is 36.8 Å². The van der Waals surface area contributed by atoms with Crippen molar-refractivity contribution in [1.29, 1.82) is 0 Å². The van der Waals surface area contributed by atoms with Crippen LogP contribution in [0.3, 0.4) is 0 Å². The summed E-state index contributed by atoms with van der Waals surface area (Å²) in [4.78, 5) is 0. The molecule has 0 bridgehead atoms. The van der Waals surface area contributed by atoms with E-state index in [1.807, 2.05) is 24.3 Å². The van der Waals surface area contributed by atoms with E-state index in [2.05, 4.69) is 38.1 Å². The van der Waals surface area contributed by atoms with Crippen LogP contribution in [0.2, 0.25) is 0 Å². The van der Waals surface area contributed by atoms with Crippen molar-refractivity contribution >= 4 is 34.5 Å². The van der Waals surface area contributed by atoms with Crippen molar-refractivity contribution in [2.24, 2.45) is 0 Å². The fourth-order valence-electron chi connectivity index (χ4n) is 2.58. The monoisotopic (exact) mass is 370 g/mol. The second-order valence-electron chi connectivity index (χ2n) is 6.28. The lowest BCUT2D eigenvalue weighted by Gasteiger charge is -2.10. The number of aryl methyl sites for hydroxylation is 2. The third kappa shape index (κ3) is 6.33. The Kier molecular flexibility index (Phi) is 8.23. The molecule has 0 fully saturated rings. The molecule has 132 valence electrons. The van der Waals surface area contributed by atoms with Gasteiger partial charge in [0.1, 0.15) is 0 Å². The molecule has 1 nitrogen and oxygen atoms in total. The molecule has 0 N–H and O–H groups in total. The SMILES string of the molecule is CCCCc1ccc(C(=S)OC(=S)c2ccc(CCCC)cc2)cc1. The van der Waals surface area contributed by atoms with Gasteiger partial charge in [-0.2, -0.15) is 0 Å². The van der Waals surface area contributed by atoms with Gasteiger partial charge in [-0.05, 0) is 61.2 Å². The second kappa shape index (κ2) is 10.4. The van der Waals surface area contributed by atoms with E-state index in [4.69, 9.17) is 29.2 Å². The Morgan fingerprint density at radius 2 is 1.04 bits per heavy atom. The highest BCUT2D eigenvalue weighted by molar-refractivity contribution is 7.81. The molecule has 0 amide bonds. The molecule has 0 radical (unpaired) electrons. The Balaban J connectivity index is 1.94. The van der Waals surface area contributed by atoms with Gasteiger partial charge in [0.15, 0.2) is 10.1 Å². The summed E-state index contributed by atoms with van der Waals surface area (Å²) in [6.45, 7) is 4.41. The molecule has 0 heterocycles. The summed E-state index contributed by atoms with van der Waals surface area (Å²) < 4.78 is 5.73. The topological polar surface area (TPSA) is 9.23 Å². The predicted molar refractivity (Wildman–Crippen MR) is 115 cm³/mol. The molecule has 0 saturated carbocycles. The Bertz CT molecular complexity index is 625. The molecule has 2 rings (SSSR count). The van der Waals surface area contributed by atoms with Crippen LogP contribution in [0.15, 0.2) is 48.5 Å². The number of rotatable bonds is 8. The molecule has 0 saturated heterocycles. The predicted octanol–water partition coefficient (Wildman–Crippen LogP) is 6.44. The van der Waals surface area contributed by atoms with E-state index in [-0.39, 0.29) is 0 Å². The third-order valence-corrected chi connectivity index (χ3v) is 4.84. The molecule has 0 aliphatic heterocycles. The zero-order chi connectivity index (χ0) is 18.1. The molecule has 0 spiro atoms. The smallest absolute Gasteiger partial charge is 0.199 e. The van der Waals surface area contributed by atoms with E-state index in [1.54, 1.807) is 0 Å². The molecule has 0 aliphatic rings. The van der Waals surface area contributed by atoms with Crippen molar-refractivity contribution in [3.63, 3.8) is 0 Å². The van der Waals surface area contributed by atoms with Gasteiger partial charge < -0.3 is 4.74 Å². The van der Waals surface area contributed by atoms with Crippen molar-refractivity contribution in [2.45, 2.75) is 52.4 Å². The lowest BCUT2D eigenvalue weighted by Crippen LogP contribution is -2.11. The molecule has 0 unspecified atom stereocenters. The molecular formula is C22H26OS2. The van der Waals surface area contributed by atoms with Crippen LogP contribution in [0.1, 0.15) is 61.8 Å². The quantitative estimate of drug-likeness (QED) is 0.495. The standard InChI is InChI=1S/C22H26OS2/c1-3-5-7-17-9-13-19(14-10-17)21(24)23-22(25)20-15-11-18(12-16-20)8-6-4-2/h9-16H,3-8H2,1-2H3. The zero-order valence-corrected chi connectivity index (χ0v) is 16.7. The van der Waals surface area contributed by atoms with E-state index < -0.39 is 0 Å². The number of benzene rings is 2. The van der Waals surface area contributed by atoms with Crippen LogP contribution in [0, 0.1) is 0 Å². The van der Waals surface area contributed by atoms with Gasteiger partial charge in [-0.1, -0.05) is 75.2 Å². The minimum atomic E-state index is 0.433. The highest BCUT2D eigenvalue weighted by Crippen LogP contribution is 2.13. The van der Waals surface area contributed by atoms with Crippen LogP contribution >= 0.6 is 24.4 Å².